The largest absolute Gasteiger partial charge is 0.462 e. The van der Waals surface area contributed by atoms with Crippen LogP contribution in [0.5, 0.6) is 0 Å². The third-order valence-corrected chi connectivity index (χ3v) is 3.45. The van der Waals surface area contributed by atoms with Crippen LogP contribution < -0.4 is 5.73 Å². The molecule has 0 aliphatic heterocycles. The standard InChI is InChI=1S/C11H12N2O2S2/c1-2-15-11(14)10(17-7-12)9(13)6-8-4-3-5-16-8/h3-5H,2,6,13H2,1H3. The number of hydrogen-bond donors (Lipinski definition) is 1. The predicted octanol–water partition coefficient (Wildman–Crippen LogP) is 2.24. The van der Waals surface area contributed by atoms with Crippen molar-refractivity contribution in [2.45, 2.75) is 13.3 Å². The number of esters is 1. The summed E-state index contributed by atoms with van der Waals surface area (Å²) in [7, 11) is 0. The van der Waals surface area contributed by atoms with Gasteiger partial charge in [0.1, 0.15) is 10.3 Å². The van der Waals surface area contributed by atoms with Gasteiger partial charge in [-0.3, -0.25) is 0 Å². The third-order valence-electron chi connectivity index (χ3n) is 1.84. The molecule has 0 spiro atoms. The molecule has 90 valence electrons. The molecule has 0 aliphatic carbocycles. The van der Waals surface area contributed by atoms with Gasteiger partial charge in [-0.05, 0) is 30.1 Å². The maximum absolute atomic E-state index is 11.6. The SMILES string of the molecule is CCOC(=O)C(SC#N)=C(N)Cc1cccs1. The molecule has 0 unspecified atom stereocenters. The van der Waals surface area contributed by atoms with Crippen molar-refractivity contribution in [2.75, 3.05) is 6.61 Å². The van der Waals surface area contributed by atoms with Crippen LogP contribution in [0.4, 0.5) is 0 Å². The molecule has 2 N–H and O–H groups in total. The lowest BCUT2D eigenvalue weighted by atomic mass is 10.2. The second-order valence-electron chi connectivity index (χ2n) is 3.02. The Balaban J connectivity index is 2.86. The predicted molar refractivity (Wildman–Crippen MR) is 69.1 cm³/mol. The first kappa shape index (κ1) is 13.6. The quantitative estimate of drug-likeness (QED) is 0.503. The number of thioether (sulfide) groups is 1. The van der Waals surface area contributed by atoms with E-state index < -0.39 is 5.97 Å². The van der Waals surface area contributed by atoms with Crippen molar-refractivity contribution in [1.82, 2.24) is 0 Å². The number of thiocyanates is 1. The van der Waals surface area contributed by atoms with E-state index in [4.69, 9.17) is 15.7 Å². The summed E-state index contributed by atoms with van der Waals surface area (Å²) in [5, 5.41) is 12.4. The van der Waals surface area contributed by atoms with Crippen molar-refractivity contribution in [2.24, 2.45) is 5.73 Å². The van der Waals surface area contributed by atoms with E-state index in [9.17, 15) is 4.79 Å². The zero-order valence-electron chi connectivity index (χ0n) is 9.30. The average Bonchev–Trinajstić information content (AvgIpc) is 2.78. The van der Waals surface area contributed by atoms with Gasteiger partial charge in [0.15, 0.2) is 0 Å². The van der Waals surface area contributed by atoms with Crippen molar-refractivity contribution in [3.05, 3.63) is 33.0 Å². The van der Waals surface area contributed by atoms with Crippen LogP contribution >= 0.6 is 23.1 Å². The highest BCUT2D eigenvalue weighted by molar-refractivity contribution is 8.08. The highest BCUT2D eigenvalue weighted by Gasteiger charge is 2.16. The van der Waals surface area contributed by atoms with Crippen LogP contribution in [0, 0.1) is 10.7 Å². The number of thiophene rings is 1. The van der Waals surface area contributed by atoms with Crippen molar-refractivity contribution < 1.29 is 9.53 Å². The molecule has 0 saturated carbocycles. The summed E-state index contributed by atoms with van der Waals surface area (Å²) in [5.41, 5.74) is 6.21. The molecule has 0 saturated heterocycles. The molecule has 1 rings (SSSR count). The van der Waals surface area contributed by atoms with E-state index in [1.54, 1.807) is 18.3 Å². The molecule has 6 heteroatoms. The molecule has 0 amide bonds. The highest BCUT2D eigenvalue weighted by atomic mass is 32.2. The molecule has 17 heavy (non-hydrogen) atoms. The van der Waals surface area contributed by atoms with Crippen molar-refractivity contribution in [1.29, 1.82) is 5.26 Å². The Morgan fingerprint density at radius 1 is 1.71 bits per heavy atom. The topological polar surface area (TPSA) is 76.1 Å². The maximum atomic E-state index is 11.6. The van der Waals surface area contributed by atoms with E-state index in [-0.39, 0.29) is 11.5 Å². The zero-order chi connectivity index (χ0) is 12.7. The van der Waals surface area contributed by atoms with Gasteiger partial charge in [0.05, 0.1) is 6.61 Å². The molecule has 4 nitrogen and oxygen atoms in total. The summed E-state index contributed by atoms with van der Waals surface area (Å²) in [6.45, 7) is 1.97. The summed E-state index contributed by atoms with van der Waals surface area (Å²) in [6.07, 6.45) is 0.459. The van der Waals surface area contributed by atoms with Crippen molar-refractivity contribution in [3.8, 4) is 5.40 Å². The molecule has 0 fully saturated rings. The summed E-state index contributed by atoms with van der Waals surface area (Å²) in [4.78, 5) is 12.8. The molecule has 1 heterocycles. The molecule has 0 aliphatic rings. The van der Waals surface area contributed by atoms with Crippen LogP contribution in [0.25, 0.3) is 0 Å². The molecule has 0 aromatic carbocycles. The summed E-state index contributed by atoms with van der Waals surface area (Å²) >= 11 is 2.30. The number of ether oxygens (including phenoxy) is 1. The Labute approximate surface area is 108 Å². The van der Waals surface area contributed by atoms with Gasteiger partial charge in [-0.25, -0.2) is 4.79 Å². The number of hydrogen-bond acceptors (Lipinski definition) is 6. The molecule has 1 aromatic heterocycles. The summed E-state index contributed by atoms with van der Waals surface area (Å²) in [6, 6.07) is 3.84. The van der Waals surface area contributed by atoms with Crippen LogP contribution in [-0.2, 0) is 16.0 Å². The van der Waals surface area contributed by atoms with E-state index in [2.05, 4.69) is 0 Å². The lowest BCUT2D eigenvalue weighted by Crippen LogP contribution is -2.13. The summed E-state index contributed by atoms with van der Waals surface area (Å²) < 4.78 is 4.85. The van der Waals surface area contributed by atoms with Gasteiger partial charge in [-0.15, -0.1) is 11.3 Å². The minimum Gasteiger partial charge on any atom is -0.462 e. The number of nitriles is 1. The monoisotopic (exact) mass is 268 g/mol. The van der Waals surface area contributed by atoms with E-state index in [1.807, 2.05) is 22.9 Å². The first-order valence-electron chi connectivity index (χ1n) is 4.93. The van der Waals surface area contributed by atoms with Gasteiger partial charge in [-0.1, -0.05) is 6.07 Å². The molecular formula is C11H12N2O2S2. The Morgan fingerprint density at radius 2 is 2.47 bits per heavy atom. The fourth-order valence-corrected chi connectivity index (χ4v) is 2.33. The van der Waals surface area contributed by atoms with E-state index in [0.29, 0.717) is 12.1 Å². The lowest BCUT2D eigenvalue weighted by Gasteiger charge is -2.06. The normalized spacial score (nSPS) is 11.5. The first-order chi connectivity index (χ1) is 8.19. The second kappa shape index (κ2) is 6.99. The van der Waals surface area contributed by atoms with E-state index >= 15 is 0 Å². The Bertz CT molecular complexity index is 447. The van der Waals surface area contributed by atoms with Gasteiger partial charge in [0, 0.05) is 17.0 Å². The number of rotatable bonds is 5. The Hall–Kier alpha value is -1.45. The van der Waals surface area contributed by atoms with Crippen LogP contribution in [0.15, 0.2) is 28.1 Å². The number of carbonyl (C=O) groups is 1. The van der Waals surface area contributed by atoms with Crippen molar-refractivity contribution in [3.63, 3.8) is 0 Å². The van der Waals surface area contributed by atoms with Gasteiger partial charge in [0.25, 0.3) is 0 Å². The second-order valence-corrected chi connectivity index (χ2v) is 4.85. The Morgan fingerprint density at radius 3 is 3.00 bits per heavy atom. The third kappa shape index (κ3) is 4.13. The van der Waals surface area contributed by atoms with Gasteiger partial charge >= 0.3 is 5.97 Å². The zero-order valence-corrected chi connectivity index (χ0v) is 10.9. The van der Waals surface area contributed by atoms with E-state index in [0.717, 1.165) is 16.6 Å². The number of carbonyl (C=O) groups excluding carboxylic acids is 1. The van der Waals surface area contributed by atoms with Gasteiger partial charge in [-0.2, -0.15) is 5.26 Å². The van der Waals surface area contributed by atoms with E-state index in [1.165, 1.54) is 0 Å². The highest BCUT2D eigenvalue weighted by Crippen LogP contribution is 2.22. The number of allylic oxidation sites excluding steroid dienone is 1. The maximum Gasteiger partial charge on any atom is 0.347 e. The minimum atomic E-state index is -0.534. The Kier molecular flexibility index (Phi) is 5.60. The minimum absolute atomic E-state index is 0.183. The summed E-state index contributed by atoms with van der Waals surface area (Å²) in [5.74, 6) is -0.534. The lowest BCUT2D eigenvalue weighted by molar-refractivity contribution is -0.137. The molecule has 0 radical (unpaired) electrons. The smallest absolute Gasteiger partial charge is 0.347 e. The van der Waals surface area contributed by atoms with Crippen molar-refractivity contribution >= 4 is 29.1 Å². The van der Waals surface area contributed by atoms with Crippen LogP contribution in [0.3, 0.4) is 0 Å². The van der Waals surface area contributed by atoms with Crippen LogP contribution in [-0.4, -0.2) is 12.6 Å². The van der Waals surface area contributed by atoms with Gasteiger partial charge < -0.3 is 10.5 Å². The number of nitrogens with two attached hydrogens (primary N) is 1. The van der Waals surface area contributed by atoms with Gasteiger partial charge in [0.2, 0.25) is 0 Å². The molecule has 0 bridgehead atoms. The average molecular weight is 268 g/mol. The molecule has 1 aromatic rings. The first-order valence-corrected chi connectivity index (χ1v) is 6.62. The fourth-order valence-electron chi connectivity index (χ4n) is 1.16. The van der Waals surface area contributed by atoms with Crippen LogP contribution in [0.1, 0.15) is 11.8 Å². The van der Waals surface area contributed by atoms with Crippen LogP contribution in [0.2, 0.25) is 0 Å². The fraction of sp³-hybridized carbons (Fsp3) is 0.273. The molecule has 0 atom stereocenters. The number of nitrogens with zero attached hydrogens (tertiary/aromatic N) is 1. The molecular weight excluding hydrogens is 256 g/mol.